The highest BCUT2D eigenvalue weighted by Crippen LogP contribution is 2.38. The predicted octanol–water partition coefficient (Wildman–Crippen LogP) is 4.87. The standard InChI is InChI=1S/C20H19ClN2O3S/c1-11-6-5-7-12(2)17(11)22-20-23-19(24)16(27-20)10-13-8-14(21)18(26-4)15(9-13)25-3/h5-10H,1-4H3,(H,22,23,24). The van der Waals surface area contributed by atoms with Crippen molar-refractivity contribution in [1.82, 2.24) is 5.32 Å². The van der Waals surface area contributed by atoms with Crippen molar-refractivity contribution < 1.29 is 14.3 Å². The molecule has 0 aliphatic carbocycles. The van der Waals surface area contributed by atoms with Gasteiger partial charge in [0, 0.05) is 0 Å². The van der Waals surface area contributed by atoms with Crippen molar-refractivity contribution in [3.8, 4) is 11.5 Å². The Hall–Kier alpha value is -2.44. The van der Waals surface area contributed by atoms with Gasteiger partial charge >= 0.3 is 0 Å². The maximum atomic E-state index is 12.3. The lowest BCUT2D eigenvalue weighted by atomic mass is 10.1. The van der Waals surface area contributed by atoms with Crippen molar-refractivity contribution in [2.45, 2.75) is 13.8 Å². The van der Waals surface area contributed by atoms with Gasteiger partial charge in [0.25, 0.3) is 5.91 Å². The number of thioether (sulfide) groups is 1. The molecule has 0 bridgehead atoms. The van der Waals surface area contributed by atoms with Crippen LogP contribution >= 0.6 is 23.4 Å². The van der Waals surface area contributed by atoms with Gasteiger partial charge in [-0.2, -0.15) is 0 Å². The number of aryl methyl sites for hydroxylation is 2. The van der Waals surface area contributed by atoms with Gasteiger partial charge in [-0.25, -0.2) is 4.99 Å². The van der Waals surface area contributed by atoms with E-state index in [1.54, 1.807) is 18.2 Å². The van der Waals surface area contributed by atoms with E-state index < -0.39 is 0 Å². The highest BCUT2D eigenvalue weighted by molar-refractivity contribution is 8.18. The third-order valence-electron chi connectivity index (χ3n) is 4.06. The first kappa shape index (κ1) is 19.3. The van der Waals surface area contributed by atoms with Gasteiger partial charge in [-0.3, -0.25) is 4.79 Å². The molecule has 0 radical (unpaired) electrons. The normalized spacial score (nSPS) is 16.7. The molecule has 5 nitrogen and oxygen atoms in total. The maximum Gasteiger partial charge on any atom is 0.264 e. The van der Waals surface area contributed by atoms with Crippen LogP contribution in [0.25, 0.3) is 6.08 Å². The highest BCUT2D eigenvalue weighted by Gasteiger charge is 2.24. The van der Waals surface area contributed by atoms with Crippen LogP contribution in [0.1, 0.15) is 16.7 Å². The van der Waals surface area contributed by atoms with Crippen LogP contribution in [0.5, 0.6) is 11.5 Å². The van der Waals surface area contributed by atoms with Gasteiger partial charge in [-0.05, 0) is 60.5 Å². The van der Waals surface area contributed by atoms with Crippen LogP contribution in [0.3, 0.4) is 0 Å². The summed E-state index contributed by atoms with van der Waals surface area (Å²) in [4.78, 5) is 17.5. The third-order valence-corrected chi connectivity index (χ3v) is 5.25. The Morgan fingerprint density at radius 2 is 1.85 bits per heavy atom. The minimum atomic E-state index is -0.198. The monoisotopic (exact) mass is 402 g/mol. The van der Waals surface area contributed by atoms with Gasteiger partial charge in [-0.1, -0.05) is 29.8 Å². The van der Waals surface area contributed by atoms with Gasteiger partial charge in [0.1, 0.15) is 0 Å². The van der Waals surface area contributed by atoms with Crippen molar-refractivity contribution in [2.24, 2.45) is 4.99 Å². The third kappa shape index (κ3) is 4.12. The summed E-state index contributed by atoms with van der Waals surface area (Å²) < 4.78 is 10.5. The second kappa shape index (κ2) is 8.06. The molecule has 3 rings (SSSR count). The smallest absolute Gasteiger partial charge is 0.264 e. The van der Waals surface area contributed by atoms with E-state index in [4.69, 9.17) is 21.1 Å². The van der Waals surface area contributed by atoms with Crippen LogP contribution in [0.15, 0.2) is 40.2 Å². The number of hydrogen-bond acceptors (Lipinski definition) is 5. The number of rotatable bonds is 4. The minimum Gasteiger partial charge on any atom is -0.493 e. The van der Waals surface area contributed by atoms with Crippen molar-refractivity contribution in [1.29, 1.82) is 0 Å². The molecule has 1 saturated heterocycles. The number of aliphatic imine (C=N–C) groups is 1. The molecule has 1 aliphatic heterocycles. The molecule has 1 N–H and O–H groups in total. The van der Waals surface area contributed by atoms with Gasteiger partial charge in [0.15, 0.2) is 16.7 Å². The summed E-state index contributed by atoms with van der Waals surface area (Å²) >= 11 is 7.53. The fourth-order valence-electron chi connectivity index (χ4n) is 2.74. The largest absolute Gasteiger partial charge is 0.493 e. The zero-order valence-corrected chi connectivity index (χ0v) is 17.0. The second-order valence-corrected chi connectivity index (χ2v) is 7.40. The fourth-order valence-corrected chi connectivity index (χ4v) is 3.86. The van der Waals surface area contributed by atoms with E-state index in [2.05, 4.69) is 10.3 Å². The molecular weight excluding hydrogens is 384 g/mol. The average molecular weight is 403 g/mol. The minimum absolute atomic E-state index is 0.198. The highest BCUT2D eigenvalue weighted by atomic mass is 35.5. The number of benzene rings is 2. The second-order valence-electron chi connectivity index (χ2n) is 5.96. The lowest BCUT2D eigenvalue weighted by Gasteiger charge is -2.10. The van der Waals surface area contributed by atoms with E-state index in [0.29, 0.717) is 26.6 Å². The molecule has 0 atom stereocenters. The summed E-state index contributed by atoms with van der Waals surface area (Å²) in [6.45, 7) is 3.99. The van der Waals surface area contributed by atoms with E-state index >= 15 is 0 Å². The summed E-state index contributed by atoms with van der Waals surface area (Å²) in [5, 5.41) is 3.77. The SMILES string of the molecule is COc1cc(C=C2SC(=Nc3c(C)cccc3C)NC2=O)cc(Cl)c1OC. The molecule has 7 heteroatoms. The molecule has 1 aliphatic rings. The topological polar surface area (TPSA) is 59.9 Å². The van der Waals surface area contributed by atoms with E-state index in [9.17, 15) is 4.79 Å². The summed E-state index contributed by atoms with van der Waals surface area (Å²) in [5.41, 5.74) is 3.72. The van der Waals surface area contributed by atoms with Crippen LogP contribution in [-0.4, -0.2) is 25.3 Å². The van der Waals surface area contributed by atoms with E-state index in [1.807, 2.05) is 32.0 Å². The van der Waals surface area contributed by atoms with Crippen molar-refractivity contribution in [3.05, 3.63) is 56.9 Å². The van der Waals surface area contributed by atoms with E-state index in [-0.39, 0.29) is 5.91 Å². The lowest BCUT2D eigenvalue weighted by Crippen LogP contribution is -2.19. The number of amides is 1. The molecule has 0 spiro atoms. The molecule has 1 heterocycles. The van der Waals surface area contributed by atoms with Gasteiger partial charge in [0.2, 0.25) is 0 Å². The van der Waals surface area contributed by atoms with Gasteiger partial charge in [0.05, 0.1) is 29.8 Å². The number of methoxy groups -OCH3 is 2. The fraction of sp³-hybridized carbons (Fsp3) is 0.200. The molecule has 2 aromatic carbocycles. The Balaban J connectivity index is 1.92. The van der Waals surface area contributed by atoms with E-state index in [0.717, 1.165) is 22.4 Å². The van der Waals surface area contributed by atoms with Gasteiger partial charge < -0.3 is 14.8 Å². The van der Waals surface area contributed by atoms with Crippen molar-refractivity contribution in [2.75, 3.05) is 14.2 Å². The maximum absolute atomic E-state index is 12.3. The number of carbonyl (C=O) groups is 1. The lowest BCUT2D eigenvalue weighted by molar-refractivity contribution is -0.115. The molecule has 140 valence electrons. The Morgan fingerprint density at radius 3 is 2.48 bits per heavy atom. The summed E-state index contributed by atoms with van der Waals surface area (Å²) in [6.07, 6.45) is 1.75. The molecule has 2 aromatic rings. The number of hydrogen-bond donors (Lipinski definition) is 1. The number of para-hydroxylation sites is 1. The van der Waals surface area contributed by atoms with Crippen molar-refractivity contribution >= 4 is 46.2 Å². The average Bonchev–Trinajstić information content (AvgIpc) is 2.97. The summed E-state index contributed by atoms with van der Waals surface area (Å²) in [5.74, 6) is 0.766. The Kier molecular flexibility index (Phi) is 5.77. The first-order chi connectivity index (χ1) is 12.9. The zero-order chi connectivity index (χ0) is 19.6. The quantitative estimate of drug-likeness (QED) is 0.741. The Morgan fingerprint density at radius 1 is 1.15 bits per heavy atom. The molecule has 1 fully saturated rings. The van der Waals surface area contributed by atoms with Crippen LogP contribution in [0.4, 0.5) is 5.69 Å². The number of amidine groups is 1. The number of nitrogens with zero attached hydrogens (tertiary/aromatic N) is 1. The van der Waals surface area contributed by atoms with Crippen LogP contribution in [0.2, 0.25) is 5.02 Å². The van der Waals surface area contributed by atoms with Crippen LogP contribution < -0.4 is 14.8 Å². The number of carbonyl (C=O) groups excluding carboxylic acids is 1. The van der Waals surface area contributed by atoms with Crippen molar-refractivity contribution in [3.63, 3.8) is 0 Å². The first-order valence-electron chi connectivity index (χ1n) is 8.20. The van der Waals surface area contributed by atoms with Gasteiger partial charge in [-0.15, -0.1) is 0 Å². The Labute approximate surface area is 167 Å². The molecular formula is C20H19ClN2O3S. The number of nitrogens with one attached hydrogen (secondary N) is 1. The first-order valence-corrected chi connectivity index (χ1v) is 9.39. The molecule has 27 heavy (non-hydrogen) atoms. The number of halogens is 1. The molecule has 0 unspecified atom stereocenters. The summed E-state index contributed by atoms with van der Waals surface area (Å²) in [7, 11) is 3.07. The van der Waals surface area contributed by atoms with Crippen LogP contribution in [-0.2, 0) is 4.79 Å². The number of ether oxygens (including phenoxy) is 2. The Bertz CT molecular complexity index is 950. The molecule has 0 aromatic heterocycles. The molecule has 0 saturated carbocycles. The molecule has 1 amide bonds. The van der Waals surface area contributed by atoms with Crippen LogP contribution in [0, 0.1) is 13.8 Å². The predicted molar refractivity (Wildman–Crippen MR) is 111 cm³/mol. The van der Waals surface area contributed by atoms with E-state index in [1.165, 1.54) is 26.0 Å². The zero-order valence-electron chi connectivity index (χ0n) is 15.4. The summed E-state index contributed by atoms with van der Waals surface area (Å²) in [6, 6.07) is 9.48.